The van der Waals surface area contributed by atoms with Crippen molar-refractivity contribution in [2.24, 2.45) is 39.9 Å². The van der Waals surface area contributed by atoms with Crippen molar-refractivity contribution in [1.82, 2.24) is 9.78 Å². The predicted octanol–water partition coefficient (Wildman–Crippen LogP) is 6.27. The Kier molecular flexibility index (Phi) is 5.41. The highest BCUT2D eigenvalue weighted by Gasteiger charge is 2.66. The minimum atomic E-state index is -4.44. The summed E-state index contributed by atoms with van der Waals surface area (Å²) >= 11 is 0. The lowest BCUT2D eigenvalue weighted by molar-refractivity contribution is -0.186. The van der Waals surface area contributed by atoms with Crippen molar-refractivity contribution in [3.8, 4) is 0 Å². The molecule has 5 rings (SSSR count). The Morgan fingerprint density at radius 1 is 1.00 bits per heavy atom. The summed E-state index contributed by atoms with van der Waals surface area (Å²) in [6.07, 6.45) is 6.35. The zero-order chi connectivity index (χ0) is 24.7. The molecule has 7 heteroatoms. The summed E-state index contributed by atoms with van der Waals surface area (Å²) in [4.78, 5) is 13.4. The van der Waals surface area contributed by atoms with Gasteiger partial charge in [0.05, 0.1) is 23.9 Å². The highest BCUT2D eigenvalue weighted by atomic mass is 19.4. The number of rotatable bonds is 3. The molecule has 0 amide bonds. The lowest BCUT2D eigenvalue weighted by Gasteiger charge is -2.66. The van der Waals surface area contributed by atoms with Crippen LogP contribution in [0.4, 0.5) is 13.2 Å². The summed E-state index contributed by atoms with van der Waals surface area (Å²) in [5.41, 5.74) is -1.05. The second-order valence-corrected chi connectivity index (χ2v) is 13.1. The molecule has 0 aromatic carbocycles. The molecule has 4 nitrogen and oxygen atoms in total. The number of carbonyl (C=O) groups excluding carboxylic acids is 1. The zero-order valence-corrected chi connectivity index (χ0v) is 20.9. The normalized spacial score (nSPS) is 46.5. The highest BCUT2D eigenvalue weighted by molar-refractivity contribution is 5.82. The maximum absolute atomic E-state index is 13.4. The Hall–Kier alpha value is -1.37. The van der Waals surface area contributed by atoms with E-state index >= 15 is 0 Å². The number of aromatic nitrogens is 2. The maximum Gasteiger partial charge on any atom is 0.419 e. The molecule has 0 spiro atoms. The smallest absolute Gasteiger partial charge is 0.390 e. The van der Waals surface area contributed by atoms with Gasteiger partial charge in [-0.3, -0.25) is 9.48 Å². The number of fused-ring (bicyclic) bond motifs is 5. The average Bonchev–Trinajstić information content (AvgIpc) is 3.33. The van der Waals surface area contributed by atoms with Gasteiger partial charge < -0.3 is 5.11 Å². The summed E-state index contributed by atoms with van der Waals surface area (Å²) < 4.78 is 40.0. The van der Waals surface area contributed by atoms with Gasteiger partial charge in [-0.25, -0.2) is 0 Å². The van der Waals surface area contributed by atoms with E-state index in [2.05, 4.69) is 25.9 Å². The van der Waals surface area contributed by atoms with Crippen molar-refractivity contribution in [3.63, 3.8) is 0 Å². The molecule has 0 bridgehead atoms. The van der Waals surface area contributed by atoms with E-state index in [4.69, 9.17) is 0 Å². The van der Waals surface area contributed by atoms with Crippen molar-refractivity contribution >= 4 is 5.78 Å². The van der Waals surface area contributed by atoms with Gasteiger partial charge in [0.2, 0.25) is 0 Å². The van der Waals surface area contributed by atoms with E-state index < -0.39 is 17.3 Å². The van der Waals surface area contributed by atoms with Crippen LogP contribution in [-0.4, -0.2) is 26.3 Å². The molecule has 4 aliphatic carbocycles. The number of hydrogen-bond donors (Lipinski definition) is 1. The molecule has 4 aliphatic rings. The van der Waals surface area contributed by atoms with E-state index in [1.807, 2.05) is 6.92 Å². The number of Topliss-reactive ketones (excluding diaryl/α,β-unsaturated/α-hetero) is 1. The molecule has 1 heterocycles. The van der Waals surface area contributed by atoms with Crippen molar-refractivity contribution in [1.29, 1.82) is 0 Å². The third-order valence-electron chi connectivity index (χ3n) is 11.2. The van der Waals surface area contributed by atoms with Gasteiger partial charge in [0.1, 0.15) is 0 Å². The molecule has 1 aromatic rings. The van der Waals surface area contributed by atoms with E-state index in [0.717, 1.165) is 74.9 Å². The first-order valence-corrected chi connectivity index (χ1v) is 13.0. The fourth-order valence-corrected chi connectivity index (χ4v) is 9.51. The van der Waals surface area contributed by atoms with Crippen LogP contribution in [0.15, 0.2) is 12.4 Å². The Balaban J connectivity index is 1.36. The molecular formula is C27H39F3N2O2. The van der Waals surface area contributed by atoms with Crippen LogP contribution in [0.2, 0.25) is 0 Å². The molecular weight excluding hydrogens is 441 g/mol. The topological polar surface area (TPSA) is 55.1 Å². The molecule has 1 aromatic heterocycles. The molecule has 1 N–H and O–H groups in total. The fourth-order valence-electron chi connectivity index (χ4n) is 9.51. The summed E-state index contributed by atoms with van der Waals surface area (Å²) in [6, 6.07) is 0. The lowest BCUT2D eigenvalue weighted by atomic mass is 9.39. The Labute approximate surface area is 200 Å². The van der Waals surface area contributed by atoms with Gasteiger partial charge in [0.15, 0.2) is 5.78 Å². The van der Waals surface area contributed by atoms with E-state index in [1.54, 1.807) is 0 Å². The molecule has 0 unspecified atom stereocenters. The van der Waals surface area contributed by atoms with Crippen LogP contribution in [-0.2, 0) is 17.5 Å². The highest BCUT2D eigenvalue weighted by Crippen LogP contribution is 2.72. The standard InChI is InChI=1S/C27H39F3N2O2/c1-23(34)11-12-24(2)17(13-23)7-9-26(4)21-6-5-19(25(21,3)10-8-22(24)26)20(33)16-32-15-18(14-31-32)27(28,29)30/h14-15,17,19,21-22,34H,5-13,16H2,1-4H3/t17-,19-,21-,22-,23-,24+,25-,26+/m1/s1. The molecule has 8 atom stereocenters. The molecule has 4 fully saturated rings. The number of aliphatic hydroxyl groups is 1. The van der Waals surface area contributed by atoms with E-state index in [1.165, 1.54) is 0 Å². The van der Waals surface area contributed by atoms with Crippen LogP contribution in [0.5, 0.6) is 0 Å². The summed E-state index contributed by atoms with van der Waals surface area (Å²) in [7, 11) is 0. The number of ketones is 1. The molecule has 4 saturated carbocycles. The number of hydrogen-bond acceptors (Lipinski definition) is 3. The minimum absolute atomic E-state index is 0.0254. The molecule has 34 heavy (non-hydrogen) atoms. The molecule has 190 valence electrons. The van der Waals surface area contributed by atoms with Crippen LogP contribution < -0.4 is 0 Å². The number of alkyl halides is 3. The molecule has 0 radical (unpaired) electrons. The quantitative estimate of drug-likeness (QED) is 0.555. The Morgan fingerprint density at radius 3 is 2.35 bits per heavy atom. The maximum atomic E-state index is 13.4. The Bertz CT molecular complexity index is 971. The predicted molar refractivity (Wildman–Crippen MR) is 123 cm³/mol. The molecule has 0 aliphatic heterocycles. The zero-order valence-electron chi connectivity index (χ0n) is 20.9. The first-order valence-electron chi connectivity index (χ1n) is 13.0. The van der Waals surface area contributed by atoms with Crippen LogP contribution in [0.3, 0.4) is 0 Å². The second kappa shape index (κ2) is 7.57. The van der Waals surface area contributed by atoms with Crippen LogP contribution in [0, 0.1) is 39.9 Å². The van der Waals surface area contributed by atoms with Crippen molar-refractivity contribution in [2.45, 2.75) is 104 Å². The average molecular weight is 481 g/mol. The monoisotopic (exact) mass is 480 g/mol. The summed E-state index contributed by atoms with van der Waals surface area (Å²) in [6.45, 7) is 9.11. The number of carbonyl (C=O) groups is 1. The van der Waals surface area contributed by atoms with Gasteiger partial charge in [-0.2, -0.15) is 18.3 Å². The Morgan fingerprint density at radius 2 is 1.68 bits per heavy atom. The van der Waals surface area contributed by atoms with Crippen molar-refractivity contribution in [3.05, 3.63) is 18.0 Å². The van der Waals surface area contributed by atoms with Crippen molar-refractivity contribution in [2.75, 3.05) is 0 Å². The van der Waals surface area contributed by atoms with Crippen LogP contribution in [0.25, 0.3) is 0 Å². The first-order chi connectivity index (χ1) is 15.7. The first kappa shape index (κ1) is 24.3. The van der Waals surface area contributed by atoms with Gasteiger partial charge in [-0.05, 0) is 98.7 Å². The van der Waals surface area contributed by atoms with Crippen LogP contribution >= 0.6 is 0 Å². The second-order valence-electron chi connectivity index (χ2n) is 13.1. The largest absolute Gasteiger partial charge is 0.419 e. The van der Waals surface area contributed by atoms with Gasteiger partial charge in [-0.15, -0.1) is 0 Å². The van der Waals surface area contributed by atoms with E-state index in [0.29, 0.717) is 17.8 Å². The van der Waals surface area contributed by atoms with E-state index in [9.17, 15) is 23.1 Å². The summed E-state index contributed by atoms with van der Waals surface area (Å²) in [5.74, 6) is 1.52. The van der Waals surface area contributed by atoms with Crippen molar-refractivity contribution < 1.29 is 23.1 Å². The number of halogens is 3. The fraction of sp³-hybridized carbons (Fsp3) is 0.852. The molecule has 0 saturated heterocycles. The van der Waals surface area contributed by atoms with Gasteiger partial charge in [0, 0.05) is 12.1 Å². The van der Waals surface area contributed by atoms with Gasteiger partial charge in [0.25, 0.3) is 0 Å². The minimum Gasteiger partial charge on any atom is -0.390 e. The SMILES string of the molecule is C[C@@]1(O)CC[C@@]2(C)[C@H](CC[C@]3(C)[C@@H]2CC[C@@]2(C)[C@H]3CC[C@@H]2C(=O)Cn2cc(C(F)(F)F)cn2)C1. The third kappa shape index (κ3) is 3.58. The van der Waals surface area contributed by atoms with E-state index in [-0.39, 0.29) is 34.5 Å². The van der Waals surface area contributed by atoms with Gasteiger partial charge in [-0.1, -0.05) is 20.8 Å². The van der Waals surface area contributed by atoms with Crippen LogP contribution in [0.1, 0.15) is 91.0 Å². The van der Waals surface area contributed by atoms with Gasteiger partial charge >= 0.3 is 6.18 Å². The summed E-state index contributed by atoms with van der Waals surface area (Å²) in [5, 5.41) is 14.6. The third-order valence-corrected chi connectivity index (χ3v) is 11.2. The lowest BCUT2D eigenvalue weighted by Crippen LogP contribution is -2.60. The number of nitrogens with zero attached hydrogens (tertiary/aromatic N) is 2.